The first-order valence-corrected chi connectivity index (χ1v) is 6.54. The van der Waals surface area contributed by atoms with E-state index in [2.05, 4.69) is 10.6 Å². The second-order valence-corrected chi connectivity index (χ2v) is 4.76. The van der Waals surface area contributed by atoms with Crippen molar-refractivity contribution in [1.29, 1.82) is 0 Å². The molecule has 104 valence electrons. The molecule has 0 radical (unpaired) electrons. The van der Waals surface area contributed by atoms with Gasteiger partial charge < -0.3 is 15.4 Å². The smallest absolute Gasteiger partial charge is 0.348 e. The van der Waals surface area contributed by atoms with Crippen molar-refractivity contribution < 1.29 is 19.1 Å². The van der Waals surface area contributed by atoms with Crippen LogP contribution in [0, 0.1) is 6.92 Å². The van der Waals surface area contributed by atoms with Gasteiger partial charge in [0, 0.05) is 14.0 Å². The fraction of sp³-hybridized carbons (Fsp3) is 0.417. The van der Waals surface area contributed by atoms with E-state index in [1.165, 1.54) is 14.0 Å². The lowest BCUT2D eigenvalue weighted by Gasteiger charge is -2.04. The summed E-state index contributed by atoms with van der Waals surface area (Å²) in [6.45, 7) is 4.95. The summed E-state index contributed by atoms with van der Waals surface area (Å²) in [5.74, 6) is -1.15. The first-order valence-electron chi connectivity index (χ1n) is 5.72. The molecule has 0 aromatic carbocycles. The van der Waals surface area contributed by atoms with Gasteiger partial charge in [0.25, 0.3) is 5.91 Å². The summed E-state index contributed by atoms with van der Waals surface area (Å²) in [6.07, 6.45) is 0. The van der Waals surface area contributed by atoms with E-state index in [9.17, 15) is 14.4 Å². The first-order chi connectivity index (χ1) is 8.92. The van der Waals surface area contributed by atoms with Gasteiger partial charge in [0.2, 0.25) is 5.91 Å². The number of thiophene rings is 1. The Kier molecular flexibility index (Phi) is 5.05. The number of carbonyl (C=O) groups excluding carboxylic acids is 3. The molecule has 0 unspecified atom stereocenters. The highest BCUT2D eigenvalue weighted by atomic mass is 32.1. The Morgan fingerprint density at radius 2 is 1.95 bits per heavy atom. The lowest BCUT2D eigenvalue weighted by Crippen LogP contribution is -2.20. The van der Waals surface area contributed by atoms with Gasteiger partial charge in [-0.3, -0.25) is 9.59 Å². The molecule has 0 aliphatic carbocycles. The van der Waals surface area contributed by atoms with Crippen molar-refractivity contribution in [2.75, 3.05) is 19.0 Å². The molecule has 0 fully saturated rings. The average molecular weight is 284 g/mol. The molecule has 0 bridgehead atoms. The molecule has 1 aromatic rings. The van der Waals surface area contributed by atoms with E-state index in [4.69, 9.17) is 4.74 Å². The van der Waals surface area contributed by atoms with E-state index in [1.54, 1.807) is 13.8 Å². The number of hydrogen-bond donors (Lipinski definition) is 2. The molecule has 1 heterocycles. The molecule has 0 saturated heterocycles. The van der Waals surface area contributed by atoms with E-state index in [0.717, 1.165) is 11.3 Å². The quantitative estimate of drug-likeness (QED) is 0.822. The maximum absolute atomic E-state index is 11.8. The van der Waals surface area contributed by atoms with Gasteiger partial charge in [0.1, 0.15) is 9.88 Å². The van der Waals surface area contributed by atoms with Crippen molar-refractivity contribution in [3.05, 3.63) is 16.0 Å². The summed E-state index contributed by atoms with van der Waals surface area (Å²) in [5.41, 5.74) is 0.803. The van der Waals surface area contributed by atoms with Crippen LogP contribution in [0.15, 0.2) is 0 Å². The second kappa shape index (κ2) is 6.33. The van der Waals surface area contributed by atoms with Crippen LogP contribution >= 0.6 is 11.3 Å². The fourth-order valence-electron chi connectivity index (χ4n) is 1.55. The maximum Gasteiger partial charge on any atom is 0.348 e. The zero-order valence-corrected chi connectivity index (χ0v) is 12.1. The molecule has 2 N–H and O–H groups in total. The Morgan fingerprint density at radius 3 is 2.42 bits per heavy atom. The molecule has 0 saturated carbocycles. The van der Waals surface area contributed by atoms with Gasteiger partial charge in [0.15, 0.2) is 0 Å². The third kappa shape index (κ3) is 3.31. The van der Waals surface area contributed by atoms with Crippen LogP contribution in [-0.4, -0.2) is 31.4 Å². The van der Waals surface area contributed by atoms with Crippen LogP contribution in [-0.2, 0) is 9.53 Å². The number of hydrogen-bond acceptors (Lipinski definition) is 5. The number of carbonyl (C=O) groups is 3. The van der Waals surface area contributed by atoms with Crippen molar-refractivity contribution in [1.82, 2.24) is 5.32 Å². The molecule has 6 nitrogen and oxygen atoms in total. The molecule has 2 amide bonds. The van der Waals surface area contributed by atoms with Crippen molar-refractivity contribution >= 4 is 34.1 Å². The maximum atomic E-state index is 11.8. The van der Waals surface area contributed by atoms with Gasteiger partial charge in [-0.25, -0.2) is 4.79 Å². The lowest BCUT2D eigenvalue weighted by atomic mass is 10.1. The van der Waals surface area contributed by atoms with Gasteiger partial charge in [-0.2, -0.15) is 0 Å². The second-order valence-electron chi connectivity index (χ2n) is 3.74. The number of anilines is 1. The zero-order chi connectivity index (χ0) is 14.6. The topological polar surface area (TPSA) is 84.5 Å². The summed E-state index contributed by atoms with van der Waals surface area (Å²) in [6, 6.07) is 0. The number of rotatable bonds is 4. The lowest BCUT2D eigenvalue weighted by molar-refractivity contribution is -0.114. The molecular weight excluding hydrogens is 268 g/mol. The number of esters is 1. The minimum Gasteiger partial charge on any atom is -0.462 e. The van der Waals surface area contributed by atoms with Crippen molar-refractivity contribution in [3.63, 3.8) is 0 Å². The molecule has 0 aliphatic heterocycles. The minimum absolute atomic E-state index is 0.251. The van der Waals surface area contributed by atoms with E-state index in [-0.39, 0.29) is 18.4 Å². The normalized spacial score (nSPS) is 9.89. The highest BCUT2D eigenvalue weighted by Crippen LogP contribution is 2.33. The molecular formula is C12H16N2O4S. The Morgan fingerprint density at radius 1 is 1.32 bits per heavy atom. The van der Waals surface area contributed by atoms with Crippen LogP contribution < -0.4 is 10.6 Å². The Balaban J connectivity index is 3.29. The van der Waals surface area contributed by atoms with Crippen LogP contribution in [0.1, 0.15) is 39.4 Å². The van der Waals surface area contributed by atoms with Gasteiger partial charge in [-0.05, 0) is 19.4 Å². The SMILES string of the molecule is CCOC(=O)c1sc(NC(C)=O)c(C(=O)NC)c1C. The van der Waals surface area contributed by atoms with Crippen molar-refractivity contribution in [3.8, 4) is 0 Å². The highest BCUT2D eigenvalue weighted by Gasteiger charge is 2.25. The number of nitrogens with one attached hydrogen (secondary N) is 2. The fourth-order valence-corrected chi connectivity index (χ4v) is 2.70. The molecule has 0 atom stereocenters. The zero-order valence-electron chi connectivity index (χ0n) is 11.2. The summed E-state index contributed by atoms with van der Waals surface area (Å²) < 4.78 is 4.92. The monoisotopic (exact) mass is 284 g/mol. The third-order valence-corrected chi connectivity index (χ3v) is 3.54. The summed E-state index contributed by atoms with van der Waals surface area (Å²) in [7, 11) is 1.49. The Bertz CT molecular complexity index is 522. The van der Waals surface area contributed by atoms with Crippen LogP contribution in [0.25, 0.3) is 0 Å². The minimum atomic E-state index is -0.494. The number of amides is 2. The van der Waals surface area contributed by atoms with Crippen LogP contribution in [0.4, 0.5) is 5.00 Å². The van der Waals surface area contributed by atoms with Gasteiger partial charge in [-0.15, -0.1) is 11.3 Å². The molecule has 7 heteroatoms. The Hall–Kier alpha value is -1.89. The van der Waals surface area contributed by atoms with Gasteiger partial charge in [-0.1, -0.05) is 0 Å². The van der Waals surface area contributed by atoms with Gasteiger partial charge in [0.05, 0.1) is 12.2 Å². The van der Waals surface area contributed by atoms with Crippen molar-refractivity contribution in [2.24, 2.45) is 0 Å². The first kappa shape index (κ1) is 15.2. The predicted octanol–water partition coefficient (Wildman–Crippen LogP) is 1.55. The standard InChI is InChI=1S/C12H16N2O4S/c1-5-18-12(17)9-6(2)8(10(16)13-4)11(19-9)14-7(3)15/h5H2,1-4H3,(H,13,16)(H,14,15). The van der Waals surface area contributed by atoms with E-state index in [0.29, 0.717) is 21.0 Å². The number of ether oxygens (including phenoxy) is 1. The van der Waals surface area contributed by atoms with Crippen molar-refractivity contribution in [2.45, 2.75) is 20.8 Å². The molecule has 1 rings (SSSR count). The van der Waals surface area contributed by atoms with E-state index < -0.39 is 5.97 Å². The van der Waals surface area contributed by atoms with Crippen LogP contribution in [0.3, 0.4) is 0 Å². The molecule has 0 aliphatic rings. The van der Waals surface area contributed by atoms with Crippen LogP contribution in [0.5, 0.6) is 0 Å². The molecule has 19 heavy (non-hydrogen) atoms. The largest absolute Gasteiger partial charge is 0.462 e. The highest BCUT2D eigenvalue weighted by molar-refractivity contribution is 7.18. The summed E-state index contributed by atoms with van der Waals surface area (Å²) in [5, 5.41) is 5.40. The van der Waals surface area contributed by atoms with Crippen LogP contribution in [0.2, 0.25) is 0 Å². The average Bonchev–Trinajstić information content (AvgIpc) is 2.65. The van der Waals surface area contributed by atoms with E-state index >= 15 is 0 Å². The summed E-state index contributed by atoms with van der Waals surface area (Å²) >= 11 is 1.04. The molecule has 0 spiro atoms. The molecule has 1 aromatic heterocycles. The Labute approximate surface area is 115 Å². The van der Waals surface area contributed by atoms with E-state index in [1.807, 2.05) is 0 Å². The third-order valence-electron chi connectivity index (χ3n) is 2.35. The summed E-state index contributed by atoms with van der Waals surface area (Å²) in [4.78, 5) is 35.1. The van der Waals surface area contributed by atoms with Gasteiger partial charge >= 0.3 is 5.97 Å². The predicted molar refractivity (Wildman–Crippen MR) is 72.7 cm³/mol.